The van der Waals surface area contributed by atoms with Gasteiger partial charge in [-0.3, -0.25) is 4.99 Å². The molecular weight excluding hydrogens is 470 g/mol. The van der Waals surface area contributed by atoms with Crippen LogP contribution in [0.2, 0.25) is 0 Å². The van der Waals surface area contributed by atoms with Gasteiger partial charge in [-0.15, -0.1) is 0 Å². The van der Waals surface area contributed by atoms with Crippen LogP contribution in [0.15, 0.2) is 90.5 Å². The molecule has 0 fully saturated rings. The van der Waals surface area contributed by atoms with Gasteiger partial charge in [-0.25, -0.2) is 0 Å². The second kappa shape index (κ2) is 11.7. The zero-order valence-electron chi connectivity index (χ0n) is 23.6. The molecule has 0 N–H and O–H groups in total. The summed E-state index contributed by atoms with van der Waals surface area (Å²) in [6.45, 7) is 12.7. The van der Waals surface area contributed by atoms with E-state index in [1.54, 1.807) is 0 Å². The van der Waals surface area contributed by atoms with Gasteiger partial charge in [0.2, 0.25) is 0 Å². The van der Waals surface area contributed by atoms with Gasteiger partial charge in [0, 0.05) is 11.8 Å². The van der Waals surface area contributed by atoms with Gasteiger partial charge in [-0.1, -0.05) is 105 Å². The van der Waals surface area contributed by atoms with Crippen LogP contribution in [-0.2, 0) is 12.8 Å². The molecule has 1 heteroatoms. The minimum Gasteiger partial charge on any atom is -0.260 e. The van der Waals surface area contributed by atoms with Crippen molar-refractivity contribution >= 4 is 30.1 Å². The van der Waals surface area contributed by atoms with E-state index in [1.165, 1.54) is 61.2 Å². The van der Waals surface area contributed by atoms with Crippen molar-refractivity contribution in [1.82, 2.24) is 0 Å². The van der Waals surface area contributed by atoms with E-state index in [1.807, 2.05) is 6.08 Å². The van der Waals surface area contributed by atoms with Crippen molar-refractivity contribution in [2.75, 3.05) is 0 Å². The summed E-state index contributed by atoms with van der Waals surface area (Å²) >= 11 is 0. The highest BCUT2D eigenvalue weighted by molar-refractivity contribution is 5.90. The number of fused-ring (bicyclic) bond motifs is 1. The molecule has 0 saturated heterocycles. The van der Waals surface area contributed by atoms with Gasteiger partial charge in [0.25, 0.3) is 0 Å². The smallest absolute Gasteiger partial charge is 0.0736 e. The van der Waals surface area contributed by atoms with Crippen LogP contribution in [0.4, 0.5) is 5.69 Å². The second-order valence-electron chi connectivity index (χ2n) is 10.2. The fourth-order valence-corrected chi connectivity index (χ4v) is 5.68. The molecule has 1 nitrogen and oxygen atoms in total. The van der Waals surface area contributed by atoms with E-state index in [-0.39, 0.29) is 0 Å². The highest BCUT2D eigenvalue weighted by Gasteiger charge is 2.16. The van der Waals surface area contributed by atoms with Gasteiger partial charge in [0.15, 0.2) is 0 Å². The van der Waals surface area contributed by atoms with Gasteiger partial charge in [0.05, 0.1) is 5.69 Å². The summed E-state index contributed by atoms with van der Waals surface area (Å²) in [5.74, 6) is 0. The predicted octanol–water partition coefficient (Wildman–Crippen LogP) is 10.9. The van der Waals surface area contributed by atoms with Crippen molar-refractivity contribution in [3.05, 3.63) is 119 Å². The van der Waals surface area contributed by atoms with Gasteiger partial charge < -0.3 is 0 Å². The van der Waals surface area contributed by atoms with Crippen molar-refractivity contribution in [2.24, 2.45) is 4.99 Å². The van der Waals surface area contributed by atoms with E-state index in [2.05, 4.69) is 132 Å². The average molecular weight is 508 g/mol. The molecule has 0 spiro atoms. The highest BCUT2D eigenvalue weighted by Crippen LogP contribution is 2.39. The van der Waals surface area contributed by atoms with Gasteiger partial charge in [0.1, 0.15) is 0 Å². The van der Waals surface area contributed by atoms with Crippen LogP contribution >= 0.6 is 0 Å². The third-order valence-electron chi connectivity index (χ3n) is 7.63. The van der Waals surface area contributed by atoms with E-state index < -0.39 is 0 Å². The number of aliphatic imine (C=N–C) groups is 1. The summed E-state index contributed by atoms with van der Waals surface area (Å²) in [4.78, 5) is 4.80. The van der Waals surface area contributed by atoms with Crippen LogP contribution in [0.5, 0.6) is 0 Å². The summed E-state index contributed by atoms with van der Waals surface area (Å²) in [7, 11) is 0. The fourth-order valence-electron chi connectivity index (χ4n) is 5.68. The van der Waals surface area contributed by atoms with Crippen molar-refractivity contribution < 1.29 is 0 Å². The number of para-hydroxylation sites is 1. The molecule has 4 aromatic carbocycles. The van der Waals surface area contributed by atoms with E-state index in [9.17, 15) is 0 Å². The zero-order valence-corrected chi connectivity index (χ0v) is 23.6. The Bertz CT molecular complexity index is 1610. The average Bonchev–Trinajstić information content (AvgIpc) is 2.98. The Hall–Kier alpha value is -4.23. The molecule has 1 aliphatic rings. The predicted molar refractivity (Wildman–Crippen MR) is 173 cm³/mol. The molecule has 0 atom stereocenters. The summed E-state index contributed by atoms with van der Waals surface area (Å²) in [5, 5.41) is 0. The van der Waals surface area contributed by atoms with E-state index in [0.717, 1.165) is 30.5 Å². The van der Waals surface area contributed by atoms with E-state index >= 15 is 0 Å². The Labute approximate surface area is 234 Å². The Morgan fingerprint density at radius 2 is 1.54 bits per heavy atom. The van der Waals surface area contributed by atoms with Crippen LogP contribution in [0, 0.1) is 6.92 Å². The van der Waals surface area contributed by atoms with Crippen LogP contribution in [0.25, 0.3) is 51.6 Å². The molecule has 0 bridgehead atoms. The number of hydrogen-bond acceptors (Lipinski definition) is 1. The normalized spacial score (nSPS) is 12.8. The number of hydrogen-bond donors (Lipinski definition) is 0. The summed E-state index contributed by atoms with van der Waals surface area (Å²) in [5.41, 5.74) is 16.1. The molecule has 194 valence electrons. The molecule has 0 radical (unpaired) electrons. The zero-order chi connectivity index (χ0) is 27.4. The van der Waals surface area contributed by atoms with E-state index in [4.69, 9.17) is 4.99 Å². The lowest BCUT2D eigenvalue weighted by Crippen LogP contribution is -1.96. The minimum absolute atomic E-state index is 0.990. The van der Waals surface area contributed by atoms with Crippen LogP contribution in [0.3, 0.4) is 0 Å². The first-order valence-electron chi connectivity index (χ1n) is 14.0. The fraction of sp³-hybridized carbons (Fsp3) is 0.184. The Kier molecular flexibility index (Phi) is 7.89. The van der Waals surface area contributed by atoms with E-state index in [0.29, 0.717) is 0 Å². The van der Waals surface area contributed by atoms with Crippen molar-refractivity contribution in [2.45, 2.75) is 47.0 Å². The van der Waals surface area contributed by atoms with Crippen LogP contribution < -0.4 is 0 Å². The molecule has 1 heterocycles. The first kappa shape index (κ1) is 26.4. The molecule has 0 aliphatic carbocycles. The third-order valence-corrected chi connectivity index (χ3v) is 7.63. The molecule has 4 aromatic rings. The monoisotopic (exact) mass is 507 g/mol. The van der Waals surface area contributed by atoms with Crippen molar-refractivity contribution in [1.29, 1.82) is 0 Å². The number of benzene rings is 4. The maximum Gasteiger partial charge on any atom is 0.0736 e. The molecule has 0 amide bonds. The molecule has 5 rings (SSSR count). The third kappa shape index (κ3) is 5.22. The second-order valence-corrected chi connectivity index (χ2v) is 10.2. The van der Waals surface area contributed by atoms with Crippen molar-refractivity contribution in [3.8, 4) is 33.4 Å². The molecule has 0 unspecified atom stereocenters. The summed E-state index contributed by atoms with van der Waals surface area (Å²) in [6, 6.07) is 24.9. The van der Waals surface area contributed by atoms with Crippen LogP contribution in [-0.4, -0.2) is 6.21 Å². The first-order valence-corrected chi connectivity index (χ1v) is 14.0. The lowest BCUT2D eigenvalue weighted by atomic mass is 9.86. The Balaban J connectivity index is 1.63. The molecule has 0 aromatic heterocycles. The van der Waals surface area contributed by atoms with Gasteiger partial charge in [-0.2, -0.15) is 0 Å². The number of nitrogens with zero attached hydrogens (tertiary/aromatic N) is 1. The maximum absolute atomic E-state index is 4.80. The number of rotatable bonds is 7. The Morgan fingerprint density at radius 3 is 2.26 bits per heavy atom. The number of aryl methyl sites for hydroxylation is 3. The van der Waals surface area contributed by atoms with Gasteiger partial charge >= 0.3 is 0 Å². The molecule has 39 heavy (non-hydrogen) atoms. The number of allylic oxidation sites excluding steroid dienone is 2. The lowest BCUT2D eigenvalue weighted by Gasteiger charge is -2.18. The summed E-state index contributed by atoms with van der Waals surface area (Å²) in [6.07, 6.45) is 15.7. The standard InChI is InChI=1S/C38H37N/c1-6-12-34-26(5)22-28(9-4)35(13-7-2)37(34)30-19-17-29(18-20-30)32-23-27(8-3)24-33(25-32)36-16-10-14-31-15-11-21-39-38(31)36/h6-7,9-10,12-14,16-25H,4,8,11,15H2,1-3,5H3/b12-6-,13-7-. The van der Waals surface area contributed by atoms with Crippen molar-refractivity contribution in [3.63, 3.8) is 0 Å². The topological polar surface area (TPSA) is 12.4 Å². The SMILES string of the molecule is C=Cc1cc(C)c(/C=C\C)c(-c2ccc(-c3cc(CC)cc(-c4cccc5c4N=CCC5)c3)cc2)c1/C=C\C. The first-order chi connectivity index (χ1) is 19.1. The van der Waals surface area contributed by atoms with Gasteiger partial charge in [-0.05, 0) is 107 Å². The summed E-state index contributed by atoms with van der Waals surface area (Å²) < 4.78 is 0. The quantitative estimate of drug-likeness (QED) is 0.236. The molecular formula is C38H37N. The lowest BCUT2D eigenvalue weighted by molar-refractivity contribution is 1.03. The Morgan fingerprint density at radius 1 is 0.821 bits per heavy atom. The highest BCUT2D eigenvalue weighted by atomic mass is 14.7. The van der Waals surface area contributed by atoms with Crippen LogP contribution in [0.1, 0.15) is 60.6 Å². The largest absolute Gasteiger partial charge is 0.260 e. The molecule has 1 aliphatic heterocycles. The minimum atomic E-state index is 0.990. The maximum atomic E-state index is 4.80. The molecule has 0 saturated carbocycles.